The van der Waals surface area contributed by atoms with Crippen LogP contribution in [-0.2, 0) is 0 Å². The van der Waals surface area contributed by atoms with Crippen LogP contribution in [0.15, 0.2) is 12.4 Å². The molecule has 4 heteroatoms. The number of piperidine rings is 1. The third-order valence-corrected chi connectivity index (χ3v) is 2.82. The summed E-state index contributed by atoms with van der Waals surface area (Å²) in [4.78, 5) is 10.6. The minimum absolute atomic E-state index is 0.637. The minimum Gasteiger partial charge on any atom is -0.481 e. The number of nitrogens with zero attached hydrogens (tertiary/aromatic N) is 3. The number of rotatable bonds is 2. The van der Waals surface area contributed by atoms with Gasteiger partial charge >= 0.3 is 0 Å². The Kier molecular flexibility index (Phi) is 3.04. The molecule has 1 unspecified atom stereocenters. The summed E-state index contributed by atoms with van der Waals surface area (Å²) in [5.41, 5.74) is 0. The van der Waals surface area contributed by atoms with E-state index in [1.807, 2.05) is 6.07 Å². The molecular weight excluding hydrogens is 190 g/mol. The van der Waals surface area contributed by atoms with E-state index in [0.717, 1.165) is 24.8 Å². The second-order valence-corrected chi connectivity index (χ2v) is 4.11. The average Bonchev–Trinajstić information content (AvgIpc) is 2.29. The predicted molar refractivity (Wildman–Crippen MR) is 59.2 cm³/mol. The summed E-state index contributed by atoms with van der Waals surface area (Å²) in [6.07, 6.45) is 4.12. The van der Waals surface area contributed by atoms with Gasteiger partial charge in [0.1, 0.15) is 12.1 Å². The fourth-order valence-electron chi connectivity index (χ4n) is 2.01. The van der Waals surface area contributed by atoms with Crippen LogP contribution < -0.4 is 9.64 Å². The molecule has 82 valence electrons. The number of anilines is 1. The highest BCUT2D eigenvalue weighted by atomic mass is 16.5. The van der Waals surface area contributed by atoms with Crippen molar-refractivity contribution in [1.82, 2.24) is 9.97 Å². The Hall–Kier alpha value is -1.32. The number of methoxy groups -OCH3 is 1. The first-order valence-corrected chi connectivity index (χ1v) is 5.40. The molecule has 2 rings (SSSR count). The maximum atomic E-state index is 5.09. The number of hydrogen-bond acceptors (Lipinski definition) is 4. The fraction of sp³-hybridized carbons (Fsp3) is 0.636. The van der Waals surface area contributed by atoms with Crippen LogP contribution in [0.2, 0.25) is 0 Å². The zero-order valence-corrected chi connectivity index (χ0v) is 9.31. The Morgan fingerprint density at radius 2 is 2.33 bits per heavy atom. The van der Waals surface area contributed by atoms with Crippen molar-refractivity contribution in [1.29, 1.82) is 0 Å². The lowest BCUT2D eigenvalue weighted by Gasteiger charge is -2.31. The van der Waals surface area contributed by atoms with Crippen molar-refractivity contribution >= 4 is 5.82 Å². The molecule has 4 nitrogen and oxygen atoms in total. The van der Waals surface area contributed by atoms with E-state index < -0.39 is 0 Å². The van der Waals surface area contributed by atoms with Gasteiger partial charge in [-0.25, -0.2) is 9.97 Å². The Bertz CT molecular complexity index is 329. The van der Waals surface area contributed by atoms with Crippen LogP contribution in [-0.4, -0.2) is 30.2 Å². The molecule has 0 saturated carbocycles. The molecule has 0 aromatic carbocycles. The van der Waals surface area contributed by atoms with Crippen molar-refractivity contribution in [2.45, 2.75) is 19.8 Å². The van der Waals surface area contributed by atoms with Crippen LogP contribution in [0, 0.1) is 5.92 Å². The van der Waals surface area contributed by atoms with Gasteiger partial charge < -0.3 is 9.64 Å². The second kappa shape index (κ2) is 4.47. The summed E-state index contributed by atoms with van der Waals surface area (Å²) < 4.78 is 5.09. The van der Waals surface area contributed by atoms with Gasteiger partial charge in [-0.2, -0.15) is 0 Å². The predicted octanol–water partition coefficient (Wildman–Crippen LogP) is 1.72. The van der Waals surface area contributed by atoms with Gasteiger partial charge in [0.25, 0.3) is 0 Å². The second-order valence-electron chi connectivity index (χ2n) is 4.11. The third-order valence-electron chi connectivity index (χ3n) is 2.82. The Labute approximate surface area is 90.3 Å². The Morgan fingerprint density at radius 1 is 1.47 bits per heavy atom. The molecule has 1 aliphatic rings. The van der Waals surface area contributed by atoms with Gasteiger partial charge in [0.15, 0.2) is 0 Å². The van der Waals surface area contributed by atoms with Crippen molar-refractivity contribution in [2.75, 3.05) is 25.1 Å². The van der Waals surface area contributed by atoms with Crippen LogP contribution in [0.5, 0.6) is 5.88 Å². The summed E-state index contributed by atoms with van der Waals surface area (Å²) in [6.45, 7) is 4.45. The van der Waals surface area contributed by atoms with Gasteiger partial charge in [0.05, 0.1) is 7.11 Å². The first kappa shape index (κ1) is 10.2. The minimum atomic E-state index is 0.637. The quantitative estimate of drug-likeness (QED) is 0.740. The lowest BCUT2D eigenvalue weighted by Crippen LogP contribution is -2.34. The lowest BCUT2D eigenvalue weighted by molar-refractivity contribution is 0.395. The Morgan fingerprint density at radius 3 is 3.07 bits per heavy atom. The first-order valence-electron chi connectivity index (χ1n) is 5.40. The van der Waals surface area contributed by atoms with Crippen molar-refractivity contribution in [2.24, 2.45) is 5.92 Å². The SMILES string of the molecule is COc1cc(N2CCCC(C)C2)ncn1. The highest BCUT2D eigenvalue weighted by molar-refractivity contribution is 5.41. The van der Waals surface area contributed by atoms with Gasteiger partial charge in [-0.05, 0) is 18.8 Å². The topological polar surface area (TPSA) is 38.2 Å². The molecule has 1 aliphatic heterocycles. The van der Waals surface area contributed by atoms with Crippen molar-refractivity contribution < 1.29 is 4.74 Å². The summed E-state index contributed by atoms with van der Waals surface area (Å²) in [7, 11) is 1.63. The van der Waals surface area contributed by atoms with Crippen LogP contribution >= 0.6 is 0 Å². The van der Waals surface area contributed by atoms with E-state index in [4.69, 9.17) is 4.74 Å². The fourth-order valence-corrected chi connectivity index (χ4v) is 2.01. The zero-order valence-electron chi connectivity index (χ0n) is 9.31. The summed E-state index contributed by atoms with van der Waals surface area (Å²) >= 11 is 0. The van der Waals surface area contributed by atoms with Crippen molar-refractivity contribution in [3.05, 3.63) is 12.4 Å². The van der Waals surface area contributed by atoms with E-state index in [1.54, 1.807) is 13.4 Å². The number of aromatic nitrogens is 2. The molecule has 1 aromatic rings. The van der Waals surface area contributed by atoms with Crippen molar-refractivity contribution in [3.63, 3.8) is 0 Å². The standard InChI is InChI=1S/C11H17N3O/c1-9-4-3-5-14(7-9)10-6-11(15-2)13-8-12-10/h6,8-9H,3-5,7H2,1-2H3. The Balaban J connectivity index is 2.13. The van der Waals surface area contributed by atoms with Gasteiger partial charge in [0, 0.05) is 19.2 Å². The molecule has 0 radical (unpaired) electrons. The summed E-state index contributed by atoms with van der Waals surface area (Å²) in [5, 5.41) is 0. The van der Waals surface area contributed by atoms with Gasteiger partial charge in [-0.1, -0.05) is 6.92 Å². The van der Waals surface area contributed by atoms with Crippen LogP contribution in [0.25, 0.3) is 0 Å². The smallest absolute Gasteiger partial charge is 0.218 e. The molecular formula is C11H17N3O. The molecule has 1 aromatic heterocycles. The lowest BCUT2D eigenvalue weighted by atomic mass is 10.0. The van der Waals surface area contributed by atoms with Crippen molar-refractivity contribution in [3.8, 4) is 5.88 Å². The molecule has 1 saturated heterocycles. The number of hydrogen-bond donors (Lipinski definition) is 0. The first-order chi connectivity index (χ1) is 7.29. The largest absolute Gasteiger partial charge is 0.481 e. The molecule has 0 N–H and O–H groups in total. The summed E-state index contributed by atoms with van der Waals surface area (Å²) in [6, 6.07) is 1.90. The molecule has 2 heterocycles. The molecule has 15 heavy (non-hydrogen) atoms. The molecule has 0 aliphatic carbocycles. The normalized spacial score (nSPS) is 21.5. The average molecular weight is 207 g/mol. The van der Waals surface area contributed by atoms with Gasteiger partial charge in [0.2, 0.25) is 5.88 Å². The van der Waals surface area contributed by atoms with E-state index in [9.17, 15) is 0 Å². The highest BCUT2D eigenvalue weighted by Crippen LogP contribution is 2.22. The van der Waals surface area contributed by atoms with Gasteiger partial charge in [-0.15, -0.1) is 0 Å². The van der Waals surface area contributed by atoms with E-state index in [0.29, 0.717) is 5.88 Å². The van der Waals surface area contributed by atoms with E-state index in [-0.39, 0.29) is 0 Å². The highest BCUT2D eigenvalue weighted by Gasteiger charge is 2.17. The molecule has 0 amide bonds. The maximum absolute atomic E-state index is 5.09. The molecule has 1 fully saturated rings. The zero-order chi connectivity index (χ0) is 10.7. The number of ether oxygens (including phenoxy) is 1. The van der Waals surface area contributed by atoms with Crippen LogP contribution in [0.4, 0.5) is 5.82 Å². The molecule has 1 atom stereocenters. The molecule has 0 spiro atoms. The third kappa shape index (κ3) is 2.37. The monoisotopic (exact) mass is 207 g/mol. The maximum Gasteiger partial charge on any atom is 0.218 e. The van der Waals surface area contributed by atoms with E-state index in [1.165, 1.54) is 12.8 Å². The van der Waals surface area contributed by atoms with Crippen LogP contribution in [0.3, 0.4) is 0 Å². The van der Waals surface area contributed by atoms with Gasteiger partial charge in [-0.3, -0.25) is 0 Å². The summed E-state index contributed by atoms with van der Waals surface area (Å²) in [5.74, 6) is 2.37. The molecule has 0 bridgehead atoms. The van der Waals surface area contributed by atoms with E-state index in [2.05, 4.69) is 21.8 Å². The van der Waals surface area contributed by atoms with Crippen LogP contribution in [0.1, 0.15) is 19.8 Å². The van der Waals surface area contributed by atoms with E-state index >= 15 is 0 Å².